The molecule has 0 bridgehead atoms. The number of amides is 2. The molecule has 4 heterocycles. The molecule has 10 atom stereocenters. The van der Waals surface area contributed by atoms with E-state index in [-0.39, 0.29) is 42.9 Å². The SMILES string of the molecule is C.C[C@H]1CCCN1S(=O)(=O)C[C@H](C1CC1)N1C(=O)[C@@](C)(CC(=O)O)O[C@H](c2cccc(Cl)c2)[C@H]1c1ccc(Cl)cc1.C[C@H]1CCCN1S(=O)(=O)C[C@H](C1CC1)N1C(=O)[C@](C)(CC(=O)O)O[C@H](c2cccc(Cl)c2)[C@H]1c1ccc(Cl)cc1. The molecule has 16 nitrogen and oxygen atoms in total. The van der Waals surface area contributed by atoms with Crippen LogP contribution in [0.2, 0.25) is 20.1 Å². The minimum Gasteiger partial charge on any atom is -0.481 e. The molecule has 6 aliphatic rings. The van der Waals surface area contributed by atoms with E-state index in [0.29, 0.717) is 55.4 Å². The van der Waals surface area contributed by atoms with Crippen LogP contribution in [0, 0.1) is 11.8 Å². The van der Waals surface area contributed by atoms with Gasteiger partial charge in [-0.2, -0.15) is 8.61 Å². The van der Waals surface area contributed by atoms with Crippen LogP contribution in [-0.4, -0.2) is 129 Å². The van der Waals surface area contributed by atoms with Crippen LogP contribution in [-0.2, 0) is 48.7 Å². The predicted molar refractivity (Wildman–Crippen MR) is 312 cm³/mol. The summed E-state index contributed by atoms with van der Waals surface area (Å²) in [6, 6.07) is 25.2. The van der Waals surface area contributed by atoms with Crippen molar-refractivity contribution >= 4 is 90.2 Å². The van der Waals surface area contributed by atoms with E-state index in [1.807, 2.05) is 26.0 Å². The molecule has 6 fully saturated rings. The van der Waals surface area contributed by atoms with Crippen molar-refractivity contribution in [3.05, 3.63) is 139 Å². The fourth-order valence-electron chi connectivity index (χ4n) is 12.4. The van der Waals surface area contributed by atoms with Gasteiger partial charge in [-0.15, -0.1) is 0 Å². The lowest BCUT2D eigenvalue weighted by Crippen LogP contribution is -2.62. The summed E-state index contributed by atoms with van der Waals surface area (Å²) in [5, 5.41) is 21.5. The highest BCUT2D eigenvalue weighted by atomic mass is 35.5. The van der Waals surface area contributed by atoms with E-state index in [1.165, 1.54) is 13.8 Å². The van der Waals surface area contributed by atoms with Crippen LogP contribution in [0.15, 0.2) is 97.1 Å². The Bertz CT molecular complexity index is 2980. The predicted octanol–water partition coefficient (Wildman–Crippen LogP) is 11.6. The van der Waals surface area contributed by atoms with Gasteiger partial charge in [0.25, 0.3) is 11.8 Å². The number of carbonyl (C=O) groups excluding carboxylic acids is 2. The first-order valence-electron chi connectivity index (χ1n) is 27.2. The molecule has 2 saturated carbocycles. The summed E-state index contributed by atoms with van der Waals surface area (Å²) in [5.74, 6) is -3.97. The molecule has 22 heteroatoms. The lowest BCUT2D eigenvalue weighted by molar-refractivity contribution is -0.206. The van der Waals surface area contributed by atoms with Crippen LogP contribution in [0.4, 0.5) is 0 Å². The van der Waals surface area contributed by atoms with E-state index in [0.717, 1.165) is 51.4 Å². The van der Waals surface area contributed by atoms with Crippen molar-refractivity contribution in [1.29, 1.82) is 0 Å². The fourth-order valence-corrected chi connectivity index (χ4v) is 17.3. The maximum atomic E-state index is 14.4. The molecule has 2 N–H and O–H groups in total. The van der Waals surface area contributed by atoms with Crippen molar-refractivity contribution in [3.63, 3.8) is 0 Å². The van der Waals surface area contributed by atoms with Gasteiger partial charge >= 0.3 is 11.9 Å². The second-order valence-corrected chi connectivity index (χ2v) is 28.5. The number of carboxylic acids is 2. The molecule has 2 aliphatic carbocycles. The lowest BCUT2D eigenvalue weighted by Gasteiger charge is -2.51. The summed E-state index contributed by atoms with van der Waals surface area (Å²) in [5.41, 5.74) is -0.714. The Morgan fingerprint density at radius 3 is 1.19 bits per heavy atom. The Morgan fingerprint density at radius 1 is 0.556 bits per heavy atom. The zero-order valence-corrected chi connectivity index (χ0v) is 49.7. The first kappa shape index (κ1) is 62.7. The van der Waals surface area contributed by atoms with Gasteiger partial charge < -0.3 is 29.5 Å². The van der Waals surface area contributed by atoms with Crippen molar-refractivity contribution in [2.24, 2.45) is 11.8 Å². The summed E-state index contributed by atoms with van der Waals surface area (Å²) in [4.78, 5) is 56.0. The molecule has 0 aromatic heterocycles. The average molecular weight is 1240 g/mol. The van der Waals surface area contributed by atoms with E-state index in [9.17, 15) is 46.2 Å². The van der Waals surface area contributed by atoms with Gasteiger partial charge in [-0.1, -0.05) is 102 Å². The fraction of sp³-hybridized carbons (Fsp3) is 0.525. The highest BCUT2D eigenvalue weighted by molar-refractivity contribution is 7.89. The molecule has 4 saturated heterocycles. The molecular formula is C59H72Cl4N4O12S2. The number of carbonyl (C=O) groups is 4. The minimum atomic E-state index is -3.71. The van der Waals surface area contributed by atoms with Crippen LogP contribution < -0.4 is 0 Å². The van der Waals surface area contributed by atoms with Crippen LogP contribution in [0.5, 0.6) is 0 Å². The van der Waals surface area contributed by atoms with Crippen LogP contribution in [0.1, 0.15) is 146 Å². The highest BCUT2D eigenvalue weighted by Gasteiger charge is 2.59. The van der Waals surface area contributed by atoms with E-state index < -0.39 is 104 Å². The van der Waals surface area contributed by atoms with Gasteiger partial charge in [-0.25, -0.2) is 16.8 Å². The van der Waals surface area contributed by atoms with Crippen LogP contribution >= 0.6 is 46.4 Å². The van der Waals surface area contributed by atoms with Crippen molar-refractivity contribution in [2.75, 3.05) is 24.6 Å². The van der Waals surface area contributed by atoms with Gasteiger partial charge in [-0.05, 0) is 162 Å². The monoisotopic (exact) mass is 1230 g/mol. The van der Waals surface area contributed by atoms with Gasteiger partial charge in [0.15, 0.2) is 11.2 Å². The molecule has 81 heavy (non-hydrogen) atoms. The molecule has 4 aromatic carbocycles. The van der Waals surface area contributed by atoms with E-state index in [1.54, 1.807) is 103 Å². The maximum Gasteiger partial charge on any atom is 0.306 e. The number of aliphatic carboxylic acids is 2. The summed E-state index contributed by atoms with van der Waals surface area (Å²) >= 11 is 25.1. The standard InChI is InChI=1S/2C29H34Cl2N2O6S.CH4/c2*1-18-5-4-14-32(18)40(37,38)17-24(19-8-9-19)33-26(20-10-12-22(30)13-11-20)27(21-6-3-7-23(31)15-21)39-29(2,28(33)36)16-25(34)35;/h2*3,6-7,10-13,15,18-19,24,26-27H,4-5,8-9,14,16-17H2,1-2H3,(H,34,35);1H4/t18-,24+,26+,27+,29+;18-,24+,26+,27+,29-;/m00./s1. The third-order valence-electron chi connectivity index (χ3n) is 16.6. The third-order valence-corrected chi connectivity index (χ3v) is 21.6. The van der Waals surface area contributed by atoms with Gasteiger partial charge in [-0.3, -0.25) is 19.2 Å². The second kappa shape index (κ2) is 25.1. The van der Waals surface area contributed by atoms with Crippen LogP contribution in [0.25, 0.3) is 0 Å². The zero-order chi connectivity index (χ0) is 57.6. The summed E-state index contributed by atoms with van der Waals surface area (Å²) in [6.07, 6.45) is 3.56. The molecule has 0 radical (unpaired) electrons. The topological polar surface area (TPSA) is 208 Å². The van der Waals surface area contributed by atoms with Crippen LogP contribution in [0.3, 0.4) is 0 Å². The van der Waals surface area contributed by atoms with E-state index >= 15 is 0 Å². The Kier molecular flexibility index (Phi) is 19.4. The largest absolute Gasteiger partial charge is 0.481 e. The molecule has 0 unspecified atom stereocenters. The van der Waals surface area contributed by atoms with Gasteiger partial charge in [0, 0.05) is 45.3 Å². The quantitative estimate of drug-likeness (QED) is 0.0954. The summed E-state index contributed by atoms with van der Waals surface area (Å²) < 4.78 is 71.1. The number of rotatable bonds is 18. The molecule has 10 rings (SSSR count). The normalized spacial score (nSPS) is 28.2. The number of benzene rings is 4. The molecule has 4 aliphatic heterocycles. The lowest BCUT2D eigenvalue weighted by atomic mass is 9.85. The van der Waals surface area contributed by atoms with Gasteiger partial charge in [0.1, 0.15) is 12.2 Å². The number of hydrogen-bond donors (Lipinski definition) is 2. The number of hydrogen-bond acceptors (Lipinski definition) is 10. The average Bonchev–Trinajstić information content (AvgIpc) is 4.44. The van der Waals surface area contributed by atoms with Crippen molar-refractivity contribution < 1.29 is 55.7 Å². The van der Waals surface area contributed by atoms with E-state index in [4.69, 9.17) is 55.9 Å². The molecule has 440 valence electrons. The van der Waals surface area contributed by atoms with Crippen molar-refractivity contribution in [2.45, 2.75) is 159 Å². The number of ether oxygens (including phenoxy) is 2. The van der Waals surface area contributed by atoms with Gasteiger partial charge in [0.2, 0.25) is 20.0 Å². The highest BCUT2D eigenvalue weighted by Crippen LogP contribution is 2.53. The summed E-state index contributed by atoms with van der Waals surface area (Å²) in [6.45, 7) is 7.69. The van der Waals surface area contributed by atoms with E-state index in [2.05, 4.69) is 0 Å². The Balaban J connectivity index is 0.000000210. The minimum absolute atomic E-state index is 0. The number of carboxylic acid groups (broad SMARTS) is 2. The maximum absolute atomic E-state index is 14.4. The molecule has 0 spiro atoms. The first-order chi connectivity index (χ1) is 37.8. The summed E-state index contributed by atoms with van der Waals surface area (Å²) in [7, 11) is -7.42. The number of halogens is 4. The smallest absolute Gasteiger partial charge is 0.306 e. The van der Waals surface area contributed by atoms with Gasteiger partial charge in [0.05, 0.1) is 48.5 Å². The molecule has 2 amide bonds. The molecule has 4 aromatic rings. The number of nitrogens with zero attached hydrogens (tertiary/aromatic N) is 4. The molecular weight excluding hydrogens is 1160 g/mol. The first-order valence-corrected chi connectivity index (χ1v) is 32.0. The van der Waals surface area contributed by atoms with Crippen molar-refractivity contribution in [3.8, 4) is 0 Å². The Hall–Kier alpha value is -4.34. The number of sulfonamides is 2. The number of morpholine rings is 2. The Morgan fingerprint density at radius 2 is 0.901 bits per heavy atom. The Labute approximate surface area is 496 Å². The van der Waals surface area contributed by atoms with Crippen molar-refractivity contribution in [1.82, 2.24) is 18.4 Å². The zero-order valence-electron chi connectivity index (χ0n) is 45.0. The third kappa shape index (κ3) is 13.9. The second-order valence-electron chi connectivity index (χ2n) is 22.8.